The highest BCUT2D eigenvalue weighted by molar-refractivity contribution is 7.89. The molecular formula is C30H40N5O4S+3. The van der Waals surface area contributed by atoms with E-state index in [1.54, 1.807) is 12.1 Å². The summed E-state index contributed by atoms with van der Waals surface area (Å²) in [4.78, 5) is 12.2. The molecule has 2 aliphatic rings. The average molecular weight is 567 g/mol. The number of unbranched alkanes of at least 4 members (excludes halogenated alkanes) is 7. The molecule has 4 N–H and O–H groups in total. The van der Waals surface area contributed by atoms with E-state index in [0.717, 1.165) is 58.2 Å². The minimum absolute atomic E-state index is 0.0250. The molecule has 1 aromatic carbocycles. The number of nitrogens with zero attached hydrogens (tertiary/aromatic N) is 3. The number of nitrogens with two attached hydrogens (primary N) is 1. The Balaban J connectivity index is 0.987. The predicted octanol–water partition coefficient (Wildman–Crippen LogP) is 3.01. The third-order valence-electron chi connectivity index (χ3n) is 8.31. The van der Waals surface area contributed by atoms with E-state index in [1.165, 1.54) is 36.4 Å². The zero-order valence-electron chi connectivity index (χ0n) is 22.9. The molecule has 4 heterocycles. The van der Waals surface area contributed by atoms with E-state index in [2.05, 4.69) is 17.4 Å². The van der Waals surface area contributed by atoms with Crippen LogP contribution in [0.2, 0.25) is 0 Å². The van der Waals surface area contributed by atoms with E-state index >= 15 is 0 Å². The molecule has 0 radical (unpaired) electrons. The molecular weight excluding hydrogens is 526 g/mol. The number of amides is 1. The number of fused-ring (bicyclic) bond motifs is 5. The Morgan fingerprint density at radius 1 is 0.825 bits per heavy atom. The van der Waals surface area contributed by atoms with Crippen molar-refractivity contribution < 1.29 is 31.9 Å². The van der Waals surface area contributed by atoms with E-state index < -0.39 is 16.0 Å². The molecule has 0 fully saturated rings. The van der Waals surface area contributed by atoms with Crippen molar-refractivity contribution >= 4 is 21.6 Å². The highest BCUT2D eigenvalue weighted by Gasteiger charge is 2.78. The van der Waals surface area contributed by atoms with E-state index in [9.17, 15) is 18.3 Å². The largest absolute Gasteiger partial charge is 0.627 e. The van der Waals surface area contributed by atoms with Crippen LogP contribution >= 0.6 is 0 Å². The number of quaternary nitrogens is 1. The van der Waals surface area contributed by atoms with Crippen LogP contribution in [-0.2, 0) is 33.9 Å². The van der Waals surface area contributed by atoms with Crippen molar-refractivity contribution in [3.05, 3.63) is 84.4 Å². The first-order valence-electron chi connectivity index (χ1n) is 14.2. The molecule has 2 aliphatic heterocycles. The van der Waals surface area contributed by atoms with Crippen LogP contribution in [-0.4, -0.2) is 30.5 Å². The third kappa shape index (κ3) is 5.67. The number of aromatic nitrogens is 2. The number of primary sulfonamides is 1. The maximum atomic E-state index is 12.2. The molecule has 10 heteroatoms. The second-order valence-corrected chi connectivity index (χ2v) is 12.7. The number of hydrogen-bond donors (Lipinski definition) is 3. The van der Waals surface area contributed by atoms with Crippen LogP contribution in [0.3, 0.4) is 0 Å². The summed E-state index contributed by atoms with van der Waals surface area (Å²) in [7, 11) is -3.73. The summed E-state index contributed by atoms with van der Waals surface area (Å²) in [6.07, 6.45) is 13.1. The van der Waals surface area contributed by atoms with Gasteiger partial charge in [0.25, 0.3) is 11.4 Å². The van der Waals surface area contributed by atoms with Crippen molar-refractivity contribution in [3.63, 3.8) is 0 Å². The fraction of sp³-hybridized carbons (Fsp3) is 0.433. The number of hydrogen-bond acceptors (Lipinski definition) is 4. The average Bonchev–Trinajstić information content (AvgIpc) is 3.32. The monoisotopic (exact) mass is 566 g/mol. The van der Waals surface area contributed by atoms with Gasteiger partial charge in [0.1, 0.15) is 0 Å². The Hall–Kier alpha value is -3.18. The van der Waals surface area contributed by atoms with Gasteiger partial charge in [0, 0.05) is 36.4 Å². The van der Waals surface area contributed by atoms with Crippen molar-refractivity contribution in [2.45, 2.75) is 81.7 Å². The fourth-order valence-corrected chi connectivity index (χ4v) is 6.80. The van der Waals surface area contributed by atoms with Crippen molar-refractivity contribution in [2.24, 2.45) is 5.14 Å². The minimum Gasteiger partial charge on any atom is -0.326 e. The van der Waals surface area contributed by atoms with Gasteiger partial charge in [0.15, 0.2) is 25.5 Å². The summed E-state index contributed by atoms with van der Waals surface area (Å²) in [5.41, 5.74) is 2.90. The van der Waals surface area contributed by atoms with Gasteiger partial charge in [-0.25, -0.2) is 18.7 Å². The topological polar surface area (TPSA) is 117 Å². The van der Waals surface area contributed by atoms with Gasteiger partial charge in [-0.05, 0) is 64.8 Å². The van der Waals surface area contributed by atoms with E-state index in [0.29, 0.717) is 16.6 Å². The molecule has 0 saturated heterocycles. The SMILES string of the molecule is NS(=O)(=O)c1ccc(NC(=O)CCCCCCCCCC[N+]23Cc4cccc[n+]4C2(O)[n+]2ccccc2C3)cc1. The molecule has 0 aliphatic carbocycles. The highest BCUT2D eigenvalue weighted by atomic mass is 32.2. The van der Waals surface area contributed by atoms with Crippen LogP contribution in [0.5, 0.6) is 0 Å². The maximum absolute atomic E-state index is 12.2. The number of pyridine rings is 2. The van der Waals surface area contributed by atoms with Crippen LogP contribution < -0.4 is 19.6 Å². The molecule has 212 valence electrons. The van der Waals surface area contributed by atoms with Gasteiger partial charge in [-0.3, -0.25) is 4.79 Å². The highest BCUT2D eigenvalue weighted by Crippen LogP contribution is 2.37. The second-order valence-electron chi connectivity index (χ2n) is 11.1. The first kappa shape index (κ1) is 28.4. The van der Waals surface area contributed by atoms with Crippen LogP contribution in [0, 0.1) is 0 Å². The molecule has 1 amide bonds. The molecule has 5 rings (SSSR count). The Bertz CT molecular complexity index is 1410. The smallest absolute Gasteiger partial charge is 0.326 e. The van der Waals surface area contributed by atoms with Gasteiger partial charge in [0.05, 0.1) is 11.4 Å². The van der Waals surface area contributed by atoms with E-state index in [1.807, 2.05) is 45.8 Å². The van der Waals surface area contributed by atoms with Crippen LogP contribution in [0.1, 0.15) is 69.2 Å². The fourth-order valence-electron chi connectivity index (χ4n) is 6.28. The Morgan fingerprint density at radius 3 is 1.90 bits per heavy atom. The summed E-state index contributed by atoms with van der Waals surface area (Å²) >= 11 is 0. The van der Waals surface area contributed by atoms with Crippen molar-refractivity contribution in [2.75, 3.05) is 11.9 Å². The summed E-state index contributed by atoms with van der Waals surface area (Å²) in [5, 5.41) is 20.0. The van der Waals surface area contributed by atoms with Crippen molar-refractivity contribution in [1.29, 1.82) is 0 Å². The molecule has 0 spiro atoms. The second kappa shape index (κ2) is 11.7. The Labute approximate surface area is 236 Å². The lowest BCUT2D eigenvalue weighted by Crippen LogP contribution is -2.79. The predicted molar refractivity (Wildman–Crippen MR) is 149 cm³/mol. The summed E-state index contributed by atoms with van der Waals surface area (Å²) in [5.74, 6) is -1.17. The molecule has 9 nitrogen and oxygen atoms in total. The Morgan fingerprint density at radius 2 is 1.35 bits per heavy atom. The van der Waals surface area contributed by atoms with Gasteiger partial charge in [-0.15, -0.1) is 0 Å². The van der Waals surface area contributed by atoms with Gasteiger partial charge in [-0.2, -0.15) is 4.48 Å². The van der Waals surface area contributed by atoms with E-state index in [4.69, 9.17) is 5.14 Å². The standard InChI is InChI=1S/C30H39N5O4S/c31-40(38,39)28-18-16-25(17-19-28)32-29(36)15-7-5-3-1-2-4-6-12-22-35-23-26-13-8-10-20-33(26)30(35,37)34-21-11-9-14-27(34)24-35/h8-11,13-14,16-21,37H,1-7,12,15,22-24H2,(H2-,31,32,36,38,39)/q+2/p+1. The molecule has 0 atom stereocenters. The van der Waals surface area contributed by atoms with Gasteiger partial charge in [0.2, 0.25) is 15.9 Å². The summed E-state index contributed by atoms with van der Waals surface area (Å²) < 4.78 is 27.4. The number of aliphatic hydroxyl groups is 1. The normalized spacial score (nSPS) is 21.1. The van der Waals surface area contributed by atoms with Gasteiger partial charge >= 0.3 is 5.97 Å². The summed E-state index contributed by atoms with van der Waals surface area (Å²) in [6.45, 7) is 2.58. The first-order chi connectivity index (χ1) is 19.2. The number of sulfonamides is 1. The first-order valence-corrected chi connectivity index (χ1v) is 15.8. The molecule has 3 aromatic rings. The molecule has 0 unspecified atom stereocenters. The number of nitrogens with one attached hydrogen (secondary N) is 1. The molecule has 2 aromatic heterocycles. The summed E-state index contributed by atoms with van der Waals surface area (Å²) in [6, 6.07) is 18.2. The van der Waals surface area contributed by atoms with Crippen LogP contribution in [0.4, 0.5) is 5.69 Å². The van der Waals surface area contributed by atoms with Gasteiger partial charge < -0.3 is 5.32 Å². The lowest BCUT2D eigenvalue weighted by atomic mass is 10.1. The zero-order chi connectivity index (χ0) is 28.2. The number of anilines is 1. The van der Waals surface area contributed by atoms with Crippen LogP contribution in [0.25, 0.3) is 0 Å². The number of benzene rings is 1. The van der Waals surface area contributed by atoms with Crippen LogP contribution in [0.15, 0.2) is 78.0 Å². The number of carbonyl (C=O) groups excluding carboxylic acids is 1. The van der Waals surface area contributed by atoms with E-state index in [-0.39, 0.29) is 10.8 Å². The zero-order valence-corrected chi connectivity index (χ0v) is 23.7. The third-order valence-corrected chi connectivity index (χ3v) is 9.24. The number of rotatable bonds is 13. The quantitative estimate of drug-likeness (QED) is 0.168. The van der Waals surface area contributed by atoms with Crippen molar-refractivity contribution in [1.82, 2.24) is 0 Å². The number of carbonyl (C=O) groups is 1. The van der Waals surface area contributed by atoms with Crippen molar-refractivity contribution in [3.8, 4) is 0 Å². The minimum atomic E-state index is -3.73. The molecule has 0 bridgehead atoms. The van der Waals surface area contributed by atoms with Gasteiger partial charge in [-0.1, -0.05) is 32.1 Å². The maximum Gasteiger partial charge on any atom is 0.627 e. The molecule has 0 saturated carbocycles. The molecule has 40 heavy (non-hydrogen) atoms. The lowest BCUT2D eigenvalue weighted by molar-refractivity contribution is -1.24. The lowest BCUT2D eigenvalue weighted by Gasteiger charge is -2.28. The Kier molecular flexibility index (Phi) is 8.32.